The predicted molar refractivity (Wildman–Crippen MR) is 60.4 cm³/mol. The highest BCUT2D eigenvalue weighted by molar-refractivity contribution is 5.92. The molecule has 1 amide bonds. The summed E-state index contributed by atoms with van der Waals surface area (Å²) in [5, 5.41) is 12.6. The number of carbonyl (C=O) groups is 1. The van der Waals surface area contributed by atoms with Crippen LogP contribution in [0.15, 0.2) is 12.2 Å². The number of carbonyl (C=O) groups excluding carboxylic acids is 1. The van der Waals surface area contributed by atoms with Gasteiger partial charge in [0.2, 0.25) is 5.91 Å². The molecule has 0 aromatic rings. The van der Waals surface area contributed by atoms with Crippen LogP contribution in [0.1, 0.15) is 39.0 Å². The number of hydrogen-bond acceptors (Lipinski definition) is 2. The molecule has 1 aliphatic rings. The average molecular weight is 211 g/mol. The molecule has 15 heavy (non-hydrogen) atoms. The van der Waals surface area contributed by atoms with Crippen molar-refractivity contribution in [1.82, 2.24) is 5.32 Å². The Hall–Kier alpha value is -0.830. The molecule has 86 valence electrons. The van der Waals surface area contributed by atoms with Gasteiger partial charge in [0.15, 0.2) is 0 Å². The summed E-state index contributed by atoms with van der Waals surface area (Å²) in [6, 6.07) is 0. The Labute approximate surface area is 91.6 Å². The van der Waals surface area contributed by atoms with Crippen molar-refractivity contribution >= 4 is 5.91 Å². The molecule has 1 unspecified atom stereocenters. The molecule has 0 bridgehead atoms. The van der Waals surface area contributed by atoms with Gasteiger partial charge in [-0.25, -0.2) is 0 Å². The first kappa shape index (κ1) is 12.2. The van der Waals surface area contributed by atoms with Gasteiger partial charge in [0, 0.05) is 12.1 Å². The van der Waals surface area contributed by atoms with Gasteiger partial charge >= 0.3 is 0 Å². The Bertz CT molecular complexity index is 232. The van der Waals surface area contributed by atoms with E-state index in [2.05, 4.69) is 11.9 Å². The van der Waals surface area contributed by atoms with E-state index in [1.165, 1.54) is 19.3 Å². The first-order valence-corrected chi connectivity index (χ1v) is 5.73. The lowest BCUT2D eigenvalue weighted by atomic mass is 9.85. The van der Waals surface area contributed by atoms with Gasteiger partial charge in [-0.15, -0.1) is 0 Å². The van der Waals surface area contributed by atoms with Gasteiger partial charge in [0.05, 0.1) is 6.10 Å². The van der Waals surface area contributed by atoms with Crippen molar-refractivity contribution in [2.45, 2.75) is 45.1 Å². The summed E-state index contributed by atoms with van der Waals surface area (Å²) in [5.74, 6) is 0.203. The molecule has 0 aromatic heterocycles. The minimum Gasteiger partial charge on any atom is -0.391 e. The first-order valence-electron chi connectivity index (χ1n) is 5.73. The van der Waals surface area contributed by atoms with Gasteiger partial charge in [-0.3, -0.25) is 4.79 Å². The number of aliphatic hydroxyl groups excluding tert-OH is 1. The first-order chi connectivity index (χ1) is 7.11. The molecule has 0 spiro atoms. The summed E-state index contributed by atoms with van der Waals surface area (Å²) < 4.78 is 0. The molecule has 1 saturated carbocycles. The van der Waals surface area contributed by atoms with E-state index in [-0.39, 0.29) is 5.91 Å². The summed E-state index contributed by atoms with van der Waals surface area (Å²) in [7, 11) is 0. The average Bonchev–Trinajstić information content (AvgIpc) is 2.26. The lowest BCUT2D eigenvalue weighted by Crippen LogP contribution is -2.37. The van der Waals surface area contributed by atoms with E-state index in [4.69, 9.17) is 0 Å². The van der Waals surface area contributed by atoms with E-state index < -0.39 is 6.10 Å². The summed E-state index contributed by atoms with van der Waals surface area (Å²) in [6.07, 6.45) is 5.47. The Morgan fingerprint density at radius 1 is 1.47 bits per heavy atom. The van der Waals surface area contributed by atoms with Crippen LogP contribution in [-0.2, 0) is 4.79 Å². The minimum absolute atomic E-state index is 0.162. The predicted octanol–water partition coefficient (Wildman–Crippen LogP) is 1.62. The molecule has 0 saturated heterocycles. The lowest BCUT2D eigenvalue weighted by Gasteiger charge is -2.26. The highest BCUT2D eigenvalue weighted by atomic mass is 16.3. The smallest absolute Gasteiger partial charge is 0.246 e. The fourth-order valence-electron chi connectivity index (χ4n) is 2.03. The van der Waals surface area contributed by atoms with Crippen LogP contribution in [0.5, 0.6) is 0 Å². The standard InChI is InChI=1S/C12H21NO2/c1-9(2)12(15)13-8-11(14)10-6-4-3-5-7-10/h10-11,14H,1,3-8H2,2H3,(H,13,15). The lowest BCUT2D eigenvalue weighted by molar-refractivity contribution is -0.118. The summed E-state index contributed by atoms with van der Waals surface area (Å²) in [5.41, 5.74) is 0.492. The number of rotatable bonds is 4. The van der Waals surface area contributed by atoms with Crippen LogP contribution in [0, 0.1) is 5.92 Å². The second-order valence-corrected chi connectivity index (χ2v) is 4.46. The molecule has 2 N–H and O–H groups in total. The third kappa shape index (κ3) is 4.04. The van der Waals surface area contributed by atoms with Gasteiger partial charge in [0.1, 0.15) is 0 Å². The topological polar surface area (TPSA) is 49.3 Å². The third-order valence-electron chi connectivity index (χ3n) is 3.05. The maximum Gasteiger partial charge on any atom is 0.246 e. The second kappa shape index (κ2) is 5.91. The monoisotopic (exact) mass is 211 g/mol. The van der Waals surface area contributed by atoms with Gasteiger partial charge in [0.25, 0.3) is 0 Å². The molecule has 0 aliphatic heterocycles. The molecular formula is C12H21NO2. The Morgan fingerprint density at radius 3 is 2.60 bits per heavy atom. The molecule has 1 atom stereocenters. The number of aliphatic hydroxyl groups is 1. The van der Waals surface area contributed by atoms with Crippen LogP contribution in [0.2, 0.25) is 0 Å². The highest BCUT2D eigenvalue weighted by Gasteiger charge is 2.21. The number of nitrogens with one attached hydrogen (secondary N) is 1. The van der Waals surface area contributed by atoms with E-state index in [1.54, 1.807) is 6.92 Å². The molecular weight excluding hydrogens is 190 g/mol. The summed E-state index contributed by atoms with van der Waals surface area (Å²) in [4.78, 5) is 11.2. The largest absolute Gasteiger partial charge is 0.391 e. The van der Waals surface area contributed by atoms with Gasteiger partial charge in [-0.1, -0.05) is 25.8 Å². The van der Waals surface area contributed by atoms with Crippen molar-refractivity contribution in [1.29, 1.82) is 0 Å². The van der Waals surface area contributed by atoms with Crippen molar-refractivity contribution in [2.75, 3.05) is 6.54 Å². The minimum atomic E-state index is -0.395. The molecule has 1 rings (SSSR count). The molecule has 0 radical (unpaired) electrons. The zero-order valence-corrected chi connectivity index (χ0v) is 9.46. The zero-order valence-electron chi connectivity index (χ0n) is 9.46. The van der Waals surface area contributed by atoms with Gasteiger partial charge < -0.3 is 10.4 Å². The SMILES string of the molecule is C=C(C)C(=O)NCC(O)C1CCCCC1. The maximum absolute atomic E-state index is 11.2. The van der Waals surface area contributed by atoms with E-state index in [0.717, 1.165) is 12.8 Å². The number of hydrogen-bond donors (Lipinski definition) is 2. The van der Waals surface area contributed by atoms with E-state index in [0.29, 0.717) is 18.0 Å². The van der Waals surface area contributed by atoms with Crippen LogP contribution in [0.3, 0.4) is 0 Å². The Morgan fingerprint density at radius 2 is 2.07 bits per heavy atom. The van der Waals surface area contributed by atoms with Crippen LogP contribution in [-0.4, -0.2) is 23.7 Å². The van der Waals surface area contributed by atoms with Crippen molar-refractivity contribution in [3.8, 4) is 0 Å². The van der Waals surface area contributed by atoms with Crippen molar-refractivity contribution < 1.29 is 9.90 Å². The van der Waals surface area contributed by atoms with Crippen LogP contribution in [0.4, 0.5) is 0 Å². The number of amides is 1. The van der Waals surface area contributed by atoms with E-state index in [1.807, 2.05) is 0 Å². The maximum atomic E-state index is 11.2. The van der Waals surface area contributed by atoms with E-state index >= 15 is 0 Å². The van der Waals surface area contributed by atoms with Crippen LogP contribution >= 0.6 is 0 Å². The Balaban J connectivity index is 2.25. The summed E-state index contributed by atoms with van der Waals surface area (Å²) >= 11 is 0. The molecule has 1 aliphatic carbocycles. The van der Waals surface area contributed by atoms with Crippen LogP contribution in [0.25, 0.3) is 0 Å². The highest BCUT2D eigenvalue weighted by Crippen LogP contribution is 2.26. The van der Waals surface area contributed by atoms with E-state index in [9.17, 15) is 9.90 Å². The second-order valence-electron chi connectivity index (χ2n) is 4.46. The van der Waals surface area contributed by atoms with Gasteiger partial charge in [-0.05, 0) is 25.7 Å². The Kier molecular flexibility index (Phi) is 4.82. The quantitative estimate of drug-likeness (QED) is 0.694. The zero-order chi connectivity index (χ0) is 11.3. The fraction of sp³-hybridized carbons (Fsp3) is 0.750. The summed E-state index contributed by atoms with van der Waals surface area (Å²) in [6.45, 7) is 5.58. The molecule has 0 aromatic carbocycles. The molecule has 3 heteroatoms. The van der Waals surface area contributed by atoms with Gasteiger partial charge in [-0.2, -0.15) is 0 Å². The van der Waals surface area contributed by atoms with Crippen LogP contribution < -0.4 is 5.32 Å². The molecule has 0 heterocycles. The fourth-order valence-corrected chi connectivity index (χ4v) is 2.03. The molecule has 1 fully saturated rings. The normalized spacial score (nSPS) is 19.6. The third-order valence-corrected chi connectivity index (χ3v) is 3.05. The van der Waals surface area contributed by atoms with Crippen molar-refractivity contribution in [2.24, 2.45) is 5.92 Å². The van der Waals surface area contributed by atoms with Crippen molar-refractivity contribution in [3.63, 3.8) is 0 Å². The molecule has 3 nitrogen and oxygen atoms in total. The van der Waals surface area contributed by atoms with Crippen molar-refractivity contribution in [3.05, 3.63) is 12.2 Å².